The molecule has 2 amide bonds. The largest absolute Gasteiger partial charge is 0.349 e. The van der Waals surface area contributed by atoms with Crippen LogP contribution in [0.25, 0.3) is 0 Å². The molecular formula is C22H24FN3O2. The van der Waals surface area contributed by atoms with Gasteiger partial charge in [-0.1, -0.05) is 18.6 Å². The lowest BCUT2D eigenvalue weighted by atomic mass is 9.71. The first-order chi connectivity index (χ1) is 13.5. The first-order valence-electron chi connectivity index (χ1n) is 9.79. The normalized spacial score (nSPS) is 24.6. The van der Waals surface area contributed by atoms with Crippen molar-refractivity contribution in [2.45, 2.75) is 45.1 Å². The zero-order valence-electron chi connectivity index (χ0n) is 16.0. The number of aryl methyl sites for hydroxylation is 1. The number of hydrogen-bond acceptors (Lipinski definition) is 3. The Bertz CT molecular complexity index is 916. The lowest BCUT2D eigenvalue weighted by Gasteiger charge is -2.36. The molecule has 1 spiro atoms. The fourth-order valence-electron chi connectivity index (χ4n) is 4.52. The van der Waals surface area contributed by atoms with Gasteiger partial charge in [-0.05, 0) is 62.9 Å². The number of amides is 2. The lowest BCUT2D eigenvalue weighted by Crippen LogP contribution is -2.46. The number of pyridine rings is 1. The molecule has 28 heavy (non-hydrogen) atoms. The quantitative estimate of drug-likeness (QED) is 0.883. The minimum absolute atomic E-state index is 0.0844. The minimum atomic E-state index is -0.441. The average Bonchev–Trinajstić information content (AvgIpc) is 2.97. The van der Waals surface area contributed by atoms with E-state index in [0.717, 1.165) is 31.4 Å². The van der Waals surface area contributed by atoms with Crippen molar-refractivity contribution in [3.05, 3.63) is 59.5 Å². The summed E-state index contributed by atoms with van der Waals surface area (Å²) in [5.74, 6) is 0.0901. The fourth-order valence-corrected chi connectivity index (χ4v) is 4.52. The van der Waals surface area contributed by atoms with Crippen LogP contribution in [0, 0.1) is 18.2 Å². The van der Waals surface area contributed by atoms with E-state index in [1.165, 1.54) is 18.2 Å². The average molecular weight is 381 g/mol. The summed E-state index contributed by atoms with van der Waals surface area (Å²) < 4.78 is 13.4. The van der Waals surface area contributed by atoms with Crippen LogP contribution in [0.5, 0.6) is 0 Å². The van der Waals surface area contributed by atoms with E-state index in [9.17, 15) is 14.0 Å². The van der Waals surface area contributed by atoms with Crippen molar-refractivity contribution in [2.24, 2.45) is 5.41 Å². The van der Waals surface area contributed by atoms with Crippen LogP contribution in [-0.2, 0) is 4.79 Å². The van der Waals surface area contributed by atoms with E-state index in [2.05, 4.69) is 10.3 Å². The van der Waals surface area contributed by atoms with Crippen molar-refractivity contribution in [3.8, 4) is 0 Å². The molecule has 5 nitrogen and oxygen atoms in total. The van der Waals surface area contributed by atoms with E-state index < -0.39 is 11.2 Å². The Morgan fingerprint density at radius 3 is 2.86 bits per heavy atom. The molecular weight excluding hydrogens is 357 g/mol. The molecule has 0 bridgehead atoms. The number of nitrogens with one attached hydrogen (secondary N) is 1. The van der Waals surface area contributed by atoms with Gasteiger partial charge in [0.25, 0.3) is 5.91 Å². The van der Waals surface area contributed by atoms with Crippen LogP contribution in [0.1, 0.15) is 48.2 Å². The summed E-state index contributed by atoms with van der Waals surface area (Å²) >= 11 is 0. The highest BCUT2D eigenvalue weighted by atomic mass is 19.1. The number of halogens is 1. The summed E-state index contributed by atoms with van der Waals surface area (Å²) in [6, 6.07) is 11.3. The monoisotopic (exact) mass is 381 g/mol. The van der Waals surface area contributed by atoms with Gasteiger partial charge < -0.3 is 5.32 Å². The lowest BCUT2D eigenvalue weighted by molar-refractivity contribution is -0.127. The smallest absolute Gasteiger partial charge is 0.251 e. The van der Waals surface area contributed by atoms with Gasteiger partial charge in [0.05, 0.1) is 5.41 Å². The van der Waals surface area contributed by atoms with Crippen LogP contribution in [0.2, 0.25) is 0 Å². The fraction of sp³-hybridized carbons (Fsp3) is 0.409. The number of benzene rings is 1. The van der Waals surface area contributed by atoms with Crippen molar-refractivity contribution in [1.29, 1.82) is 0 Å². The Morgan fingerprint density at radius 2 is 2.07 bits per heavy atom. The molecule has 2 aliphatic rings. The van der Waals surface area contributed by atoms with E-state index in [0.29, 0.717) is 24.3 Å². The molecule has 146 valence electrons. The highest BCUT2D eigenvalue weighted by molar-refractivity contribution is 5.99. The number of anilines is 1. The van der Waals surface area contributed by atoms with Gasteiger partial charge in [-0.3, -0.25) is 14.5 Å². The SMILES string of the molecule is Cc1cccc(N2CC[C@@]3(CCC[C@H](NC(=O)c4cccc(F)c4)C3)C2=O)n1. The molecule has 4 rings (SSSR count). The molecule has 1 saturated heterocycles. The summed E-state index contributed by atoms with van der Waals surface area (Å²) in [5, 5.41) is 3.01. The van der Waals surface area contributed by atoms with Crippen LogP contribution in [-0.4, -0.2) is 29.4 Å². The van der Waals surface area contributed by atoms with Gasteiger partial charge >= 0.3 is 0 Å². The number of carbonyl (C=O) groups is 2. The van der Waals surface area contributed by atoms with Crippen LogP contribution in [0.15, 0.2) is 42.5 Å². The first-order valence-corrected chi connectivity index (χ1v) is 9.79. The predicted molar refractivity (Wildman–Crippen MR) is 104 cm³/mol. The van der Waals surface area contributed by atoms with Crippen molar-refractivity contribution >= 4 is 17.6 Å². The maximum Gasteiger partial charge on any atom is 0.251 e. The van der Waals surface area contributed by atoms with Crippen molar-refractivity contribution in [1.82, 2.24) is 10.3 Å². The van der Waals surface area contributed by atoms with Crippen LogP contribution < -0.4 is 10.2 Å². The van der Waals surface area contributed by atoms with Crippen LogP contribution in [0.3, 0.4) is 0 Å². The Morgan fingerprint density at radius 1 is 1.25 bits per heavy atom. The molecule has 1 aliphatic heterocycles. The second-order valence-electron chi connectivity index (χ2n) is 7.90. The minimum Gasteiger partial charge on any atom is -0.349 e. The number of carbonyl (C=O) groups excluding carboxylic acids is 2. The van der Waals surface area contributed by atoms with Crippen LogP contribution >= 0.6 is 0 Å². The van der Waals surface area contributed by atoms with Crippen LogP contribution in [0.4, 0.5) is 10.2 Å². The summed E-state index contributed by atoms with van der Waals surface area (Å²) in [6.45, 7) is 2.57. The zero-order valence-corrected chi connectivity index (χ0v) is 16.0. The third-order valence-corrected chi connectivity index (χ3v) is 5.93. The highest BCUT2D eigenvalue weighted by Crippen LogP contribution is 2.45. The Kier molecular flexibility index (Phi) is 4.87. The highest BCUT2D eigenvalue weighted by Gasteiger charge is 2.50. The standard InChI is InChI=1S/C22H24FN3O2/c1-15-5-2-9-19(24-15)26-12-11-22(21(26)28)10-4-8-18(14-22)25-20(27)16-6-3-7-17(23)13-16/h2-3,5-7,9,13,18H,4,8,10-12,14H2,1H3,(H,25,27)/t18-,22+/m0/s1. The first kappa shape index (κ1) is 18.6. The number of hydrogen-bond donors (Lipinski definition) is 1. The van der Waals surface area contributed by atoms with Gasteiger partial charge in [0.15, 0.2) is 0 Å². The molecule has 1 aromatic heterocycles. The van der Waals surface area contributed by atoms with E-state index in [4.69, 9.17) is 0 Å². The van der Waals surface area contributed by atoms with E-state index >= 15 is 0 Å². The Labute approximate surface area is 164 Å². The molecule has 2 heterocycles. The van der Waals surface area contributed by atoms with Crippen molar-refractivity contribution in [3.63, 3.8) is 0 Å². The molecule has 1 saturated carbocycles. The second kappa shape index (κ2) is 7.34. The summed E-state index contributed by atoms with van der Waals surface area (Å²) in [7, 11) is 0. The third kappa shape index (κ3) is 3.51. The van der Waals surface area contributed by atoms with E-state index in [1.807, 2.05) is 25.1 Å². The van der Waals surface area contributed by atoms with Crippen molar-refractivity contribution < 1.29 is 14.0 Å². The zero-order chi connectivity index (χ0) is 19.7. The predicted octanol–water partition coefficient (Wildman–Crippen LogP) is 3.62. The summed E-state index contributed by atoms with van der Waals surface area (Å²) in [6.07, 6.45) is 3.94. The van der Waals surface area contributed by atoms with Gasteiger partial charge in [0.1, 0.15) is 11.6 Å². The molecule has 1 N–H and O–H groups in total. The van der Waals surface area contributed by atoms with E-state index in [-0.39, 0.29) is 17.9 Å². The molecule has 2 fully saturated rings. The third-order valence-electron chi connectivity index (χ3n) is 5.93. The van der Waals surface area contributed by atoms with Gasteiger partial charge in [0, 0.05) is 23.8 Å². The molecule has 1 aliphatic carbocycles. The topological polar surface area (TPSA) is 62.3 Å². The maximum atomic E-state index is 13.4. The summed E-state index contributed by atoms with van der Waals surface area (Å²) in [4.78, 5) is 32.0. The molecule has 0 radical (unpaired) electrons. The number of aromatic nitrogens is 1. The Hall–Kier alpha value is -2.76. The van der Waals surface area contributed by atoms with E-state index in [1.54, 1.807) is 11.0 Å². The number of rotatable bonds is 3. The molecule has 0 unspecified atom stereocenters. The molecule has 1 aromatic carbocycles. The number of nitrogens with zero attached hydrogens (tertiary/aromatic N) is 2. The Balaban J connectivity index is 1.47. The van der Waals surface area contributed by atoms with Gasteiger partial charge in [-0.25, -0.2) is 9.37 Å². The van der Waals surface area contributed by atoms with Crippen molar-refractivity contribution in [2.75, 3.05) is 11.4 Å². The second-order valence-corrected chi connectivity index (χ2v) is 7.90. The van der Waals surface area contributed by atoms with Gasteiger partial charge in [0.2, 0.25) is 5.91 Å². The maximum absolute atomic E-state index is 13.4. The summed E-state index contributed by atoms with van der Waals surface area (Å²) in [5.41, 5.74) is 0.752. The molecule has 6 heteroatoms. The van der Waals surface area contributed by atoms with Gasteiger partial charge in [-0.2, -0.15) is 0 Å². The van der Waals surface area contributed by atoms with Gasteiger partial charge in [-0.15, -0.1) is 0 Å². The molecule has 2 aromatic rings. The molecule has 2 atom stereocenters.